The third-order valence-corrected chi connectivity index (χ3v) is 7.58. The zero-order valence-electron chi connectivity index (χ0n) is 18.0. The quantitative estimate of drug-likeness (QED) is 0.553. The molecule has 7 heteroatoms. The predicted molar refractivity (Wildman–Crippen MR) is 119 cm³/mol. The summed E-state index contributed by atoms with van der Waals surface area (Å²) in [6, 6.07) is 6.18. The third kappa shape index (κ3) is 3.40. The van der Waals surface area contributed by atoms with Gasteiger partial charge in [0.2, 0.25) is 0 Å². The van der Waals surface area contributed by atoms with Crippen LogP contribution >= 0.6 is 11.6 Å². The van der Waals surface area contributed by atoms with Crippen LogP contribution < -0.4 is 0 Å². The van der Waals surface area contributed by atoms with Crippen molar-refractivity contribution in [1.82, 2.24) is 24.8 Å². The van der Waals surface area contributed by atoms with Crippen LogP contribution in [0.1, 0.15) is 84.6 Å². The SMILES string of the molecule is CN1Cc2cc(Cl)ccc2-n2c(nnc2[C@H]2CC[C@@H](c3noc4c3CCCC4)CC2)C1. The lowest BCUT2D eigenvalue weighted by molar-refractivity contribution is 0.315. The summed E-state index contributed by atoms with van der Waals surface area (Å²) in [6.07, 6.45) is 9.19. The number of rotatable bonds is 2. The number of aromatic nitrogens is 4. The average Bonchev–Trinajstić information content (AvgIpc) is 3.35. The van der Waals surface area contributed by atoms with E-state index in [9.17, 15) is 0 Å². The Bertz CT molecular complexity index is 1110. The van der Waals surface area contributed by atoms with Crippen molar-refractivity contribution in [3.63, 3.8) is 0 Å². The molecule has 2 aromatic heterocycles. The van der Waals surface area contributed by atoms with E-state index in [1.165, 1.54) is 35.3 Å². The van der Waals surface area contributed by atoms with Crippen molar-refractivity contribution in [2.75, 3.05) is 7.05 Å². The van der Waals surface area contributed by atoms with Gasteiger partial charge in [0.05, 0.1) is 17.9 Å². The molecule has 1 aliphatic heterocycles. The molecular weight excluding hydrogens is 410 g/mol. The summed E-state index contributed by atoms with van der Waals surface area (Å²) in [4.78, 5) is 2.27. The number of benzene rings is 1. The Morgan fingerprint density at radius 1 is 1.00 bits per heavy atom. The number of fused-ring (bicyclic) bond motifs is 4. The van der Waals surface area contributed by atoms with Crippen LogP contribution in [0.3, 0.4) is 0 Å². The minimum absolute atomic E-state index is 0.423. The molecule has 162 valence electrons. The maximum absolute atomic E-state index is 6.31. The number of nitrogens with zero attached hydrogens (tertiary/aromatic N) is 5. The van der Waals surface area contributed by atoms with Gasteiger partial charge in [-0.25, -0.2) is 0 Å². The number of hydrogen-bond acceptors (Lipinski definition) is 5. The van der Waals surface area contributed by atoms with Crippen molar-refractivity contribution in [3.05, 3.63) is 57.5 Å². The first-order valence-electron chi connectivity index (χ1n) is 11.6. The molecule has 0 spiro atoms. The minimum atomic E-state index is 0.423. The van der Waals surface area contributed by atoms with Gasteiger partial charge in [-0.15, -0.1) is 10.2 Å². The maximum Gasteiger partial charge on any atom is 0.151 e. The van der Waals surface area contributed by atoms with E-state index in [2.05, 4.69) is 38.9 Å². The first kappa shape index (κ1) is 19.5. The molecule has 3 aliphatic rings. The van der Waals surface area contributed by atoms with Gasteiger partial charge in [-0.3, -0.25) is 9.47 Å². The van der Waals surface area contributed by atoms with E-state index in [4.69, 9.17) is 21.2 Å². The van der Waals surface area contributed by atoms with Crippen molar-refractivity contribution in [2.24, 2.45) is 0 Å². The summed E-state index contributed by atoms with van der Waals surface area (Å²) in [5, 5.41) is 14.6. The van der Waals surface area contributed by atoms with Crippen LogP contribution in [0.15, 0.2) is 22.7 Å². The summed E-state index contributed by atoms with van der Waals surface area (Å²) < 4.78 is 8.00. The number of halogens is 1. The van der Waals surface area contributed by atoms with Crippen LogP contribution in [-0.2, 0) is 25.9 Å². The van der Waals surface area contributed by atoms with Gasteiger partial charge in [0, 0.05) is 35.4 Å². The standard InChI is InChI=1S/C24H28ClN5O/c1-29-13-17-12-18(25)10-11-20(17)30-22(14-29)26-27-24(30)16-8-6-15(7-9-16)23-19-4-2-3-5-21(19)31-28-23/h10-12,15-16H,2-9,13-14H2,1H3/t15-,16+. The topological polar surface area (TPSA) is 60.0 Å². The van der Waals surface area contributed by atoms with Crippen molar-refractivity contribution in [2.45, 2.75) is 76.3 Å². The zero-order chi connectivity index (χ0) is 20.9. The van der Waals surface area contributed by atoms with E-state index in [-0.39, 0.29) is 0 Å². The largest absolute Gasteiger partial charge is 0.361 e. The summed E-state index contributed by atoms with van der Waals surface area (Å²) in [7, 11) is 2.12. The lowest BCUT2D eigenvalue weighted by Crippen LogP contribution is -2.18. The highest BCUT2D eigenvalue weighted by Crippen LogP contribution is 2.43. The van der Waals surface area contributed by atoms with Crippen LogP contribution in [0.2, 0.25) is 5.02 Å². The Morgan fingerprint density at radius 2 is 1.81 bits per heavy atom. The second kappa shape index (κ2) is 7.75. The van der Waals surface area contributed by atoms with Crippen molar-refractivity contribution < 1.29 is 4.52 Å². The summed E-state index contributed by atoms with van der Waals surface area (Å²) in [5.41, 5.74) is 5.07. The highest BCUT2D eigenvalue weighted by molar-refractivity contribution is 6.30. The van der Waals surface area contributed by atoms with E-state index in [1.54, 1.807) is 0 Å². The molecule has 0 bridgehead atoms. The van der Waals surface area contributed by atoms with Crippen molar-refractivity contribution >= 4 is 11.6 Å². The molecule has 1 fully saturated rings. The molecule has 3 aromatic rings. The first-order chi connectivity index (χ1) is 15.2. The third-order valence-electron chi connectivity index (χ3n) is 7.35. The van der Waals surface area contributed by atoms with Crippen LogP contribution in [0.4, 0.5) is 0 Å². The van der Waals surface area contributed by atoms with Gasteiger partial charge in [-0.1, -0.05) is 16.8 Å². The molecular formula is C24H28ClN5O. The lowest BCUT2D eigenvalue weighted by atomic mass is 9.78. The molecule has 6 rings (SSSR count). The Kier molecular flexibility index (Phi) is 4.87. The maximum atomic E-state index is 6.31. The van der Waals surface area contributed by atoms with Crippen LogP contribution in [0.25, 0.3) is 5.69 Å². The fourth-order valence-corrected chi connectivity index (χ4v) is 6.00. The van der Waals surface area contributed by atoms with Crippen LogP contribution in [0.5, 0.6) is 0 Å². The normalized spacial score (nSPS) is 23.7. The monoisotopic (exact) mass is 437 g/mol. The van der Waals surface area contributed by atoms with E-state index >= 15 is 0 Å². The van der Waals surface area contributed by atoms with Crippen LogP contribution in [0, 0.1) is 0 Å². The molecule has 1 aromatic carbocycles. The molecule has 0 radical (unpaired) electrons. The van der Waals surface area contributed by atoms with Gasteiger partial charge < -0.3 is 4.52 Å². The molecule has 0 atom stereocenters. The fourth-order valence-electron chi connectivity index (χ4n) is 5.80. The smallest absolute Gasteiger partial charge is 0.151 e. The molecule has 0 amide bonds. The number of aryl methyl sites for hydroxylation is 1. The van der Waals surface area contributed by atoms with Crippen LogP contribution in [-0.4, -0.2) is 31.9 Å². The second-order valence-corrected chi connectivity index (χ2v) is 9.92. The highest BCUT2D eigenvalue weighted by atomic mass is 35.5. The van der Waals surface area contributed by atoms with E-state index in [0.29, 0.717) is 11.8 Å². The fraction of sp³-hybridized carbons (Fsp3) is 0.542. The minimum Gasteiger partial charge on any atom is -0.361 e. The molecule has 31 heavy (non-hydrogen) atoms. The molecule has 0 N–H and O–H groups in total. The molecule has 1 saturated carbocycles. The Balaban J connectivity index is 1.28. The van der Waals surface area contributed by atoms with E-state index < -0.39 is 0 Å². The van der Waals surface area contributed by atoms with Gasteiger partial charge >= 0.3 is 0 Å². The van der Waals surface area contributed by atoms with Gasteiger partial charge in [-0.2, -0.15) is 0 Å². The van der Waals surface area contributed by atoms with Gasteiger partial charge in [-0.05, 0) is 75.8 Å². The molecule has 0 saturated heterocycles. The zero-order valence-corrected chi connectivity index (χ0v) is 18.7. The molecule has 2 aliphatic carbocycles. The van der Waals surface area contributed by atoms with E-state index in [1.807, 2.05) is 6.07 Å². The van der Waals surface area contributed by atoms with E-state index in [0.717, 1.165) is 74.0 Å². The second-order valence-electron chi connectivity index (χ2n) is 9.48. The summed E-state index contributed by atoms with van der Waals surface area (Å²) in [6.45, 7) is 1.66. The number of hydrogen-bond donors (Lipinski definition) is 0. The molecule has 0 unspecified atom stereocenters. The molecule has 6 nitrogen and oxygen atoms in total. The Hall–Kier alpha value is -2.18. The van der Waals surface area contributed by atoms with Gasteiger partial charge in [0.1, 0.15) is 11.6 Å². The Labute approximate surface area is 187 Å². The highest BCUT2D eigenvalue weighted by Gasteiger charge is 2.33. The predicted octanol–water partition coefficient (Wildman–Crippen LogP) is 5.17. The lowest BCUT2D eigenvalue weighted by Gasteiger charge is -2.28. The summed E-state index contributed by atoms with van der Waals surface area (Å²) in [5.74, 6) is 4.21. The first-order valence-corrected chi connectivity index (χ1v) is 11.9. The summed E-state index contributed by atoms with van der Waals surface area (Å²) >= 11 is 6.31. The average molecular weight is 438 g/mol. The van der Waals surface area contributed by atoms with Crippen molar-refractivity contribution in [3.8, 4) is 5.69 Å². The van der Waals surface area contributed by atoms with Crippen molar-refractivity contribution in [1.29, 1.82) is 0 Å². The van der Waals surface area contributed by atoms with Gasteiger partial charge in [0.15, 0.2) is 5.82 Å². The Morgan fingerprint density at radius 3 is 2.68 bits per heavy atom. The molecule has 3 heterocycles. The van der Waals surface area contributed by atoms with Gasteiger partial charge in [0.25, 0.3) is 0 Å².